The molecule has 1 spiro atoms. The van der Waals surface area contributed by atoms with Crippen molar-refractivity contribution in [2.24, 2.45) is 5.92 Å². The highest BCUT2D eigenvalue weighted by molar-refractivity contribution is 5.97. The van der Waals surface area contributed by atoms with E-state index in [9.17, 15) is 0 Å². The number of rotatable bonds is 5. The summed E-state index contributed by atoms with van der Waals surface area (Å²) in [5, 5.41) is 0. The summed E-state index contributed by atoms with van der Waals surface area (Å²) in [6.45, 7) is 9.78. The Labute approximate surface area is 408 Å². The van der Waals surface area contributed by atoms with Crippen LogP contribution in [0.1, 0.15) is 120 Å². The summed E-state index contributed by atoms with van der Waals surface area (Å²) >= 11 is 0. The minimum absolute atomic E-state index is 0.00613. The Morgan fingerprint density at radius 2 is 1.12 bits per heavy atom. The molecule has 0 saturated carbocycles. The van der Waals surface area contributed by atoms with Gasteiger partial charge in [0.2, 0.25) is 0 Å². The van der Waals surface area contributed by atoms with E-state index in [0.717, 1.165) is 19.3 Å². The number of allylic oxidation sites excluding steroid dienone is 10. The van der Waals surface area contributed by atoms with Gasteiger partial charge >= 0.3 is 0 Å². The third-order valence-electron chi connectivity index (χ3n) is 17.9. The first kappa shape index (κ1) is 40.8. The van der Waals surface area contributed by atoms with E-state index in [1.165, 1.54) is 100 Å². The summed E-state index contributed by atoms with van der Waals surface area (Å²) in [7, 11) is 0. The molecule has 14 rings (SSSR count). The van der Waals surface area contributed by atoms with Crippen molar-refractivity contribution in [3.8, 4) is 0 Å². The summed E-state index contributed by atoms with van der Waals surface area (Å²) in [4.78, 5) is 2.73. The number of hydrogen-bond acceptors (Lipinski definition) is 1. The van der Waals surface area contributed by atoms with E-state index in [1.807, 2.05) is 0 Å². The fourth-order valence-electron chi connectivity index (χ4n) is 15.0. The smallest absolute Gasteiger partial charge is 0.0717 e. The summed E-state index contributed by atoms with van der Waals surface area (Å²) < 4.78 is 0. The molecule has 0 N–H and O–H groups in total. The van der Waals surface area contributed by atoms with Gasteiger partial charge in [-0.25, -0.2) is 0 Å². The molecule has 7 aliphatic rings. The molecular formula is C68H57N. The van der Waals surface area contributed by atoms with Crippen LogP contribution in [-0.2, 0) is 21.7 Å². The Hall–Kier alpha value is -7.22. The highest BCUT2D eigenvalue weighted by Gasteiger charge is 2.58. The Kier molecular flexibility index (Phi) is 8.66. The van der Waals surface area contributed by atoms with Crippen LogP contribution in [-0.4, -0.2) is 6.04 Å². The van der Waals surface area contributed by atoms with Crippen LogP contribution >= 0.6 is 0 Å². The number of nitrogens with zero attached hydrogens (tertiary/aromatic N) is 1. The number of hydrogen-bond donors (Lipinski definition) is 0. The maximum atomic E-state index is 2.73. The molecule has 69 heavy (non-hydrogen) atoms. The van der Waals surface area contributed by atoms with Gasteiger partial charge in [-0.3, -0.25) is 0 Å². The van der Waals surface area contributed by atoms with Crippen LogP contribution in [0, 0.1) is 5.92 Å². The quantitative estimate of drug-likeness (QED) is 0.166. The normalized spacial score (nSPS) is 22.6. The van der Waals surface area contributed by atoms with Crippen LogP contribution in [0.25, 0.3) is 11.1 Å². The maximum absolute atomic E-state index is 2.73. The monoisotopic (exact) mass is 887 g/mol. The molecule has 7 aromatic carbocycles. The van der Waals surface area contributed by atoms with Crippen LogP contribution in [0.3, 0.4) is 0 Å². The molecule has 0 fully saturated rings. The largest absolute Gasteiger partial charge is 0.334 e. The lowest BCUT2D eigenvalue weighted by Crippen LogP contribution is -2.45. The highest BCUT2D eigenvalue weighted by Crippen LogP contribution is 2.66. The van der Waals surface area contributed by atoms with Crippen molar-refractivity contribution in [2.45, 2.75) is 80.6 Å². The van der Waals surface area contributed by atoms with Gasteiger partial charge in [0.25, 0.3) is 0 Å². The van der Waals surface area contributed by atoms with E-state index in [-0.39, 0.29) is 16.9 Å². The van der Waals surface area contributed by atoms with Crippen LogP contribution < -0.4 is 4.90 Å². The zero-order valence-corrected chi connectivity index (χ0v) is 40.1. The SMILES string of the molecule is CC1(C)C2=C(CCC=C2)c2cc(N(c3ccc4c(c3)C(C)(C)C3C=CC=CC43)C3C=C4C(=CC3)c3ccccc3C43c4ccccc4C(c4ccccc4)(c4ccccc4)c4ccccc43)ccc21. The van der Waals surface area contributed by atoms with Crippen molar-refractivity contribution in [3.05, 3.63) is 296 Å². The van der Waals surface area contributed by atoms with Crippen LogP contribution in [0.5, 0.6) is 0 Å². The topological polar surface area (TPSA) is 3.24 Å². The van der Waals surface area contributed by atoms with E-state index >= 15 is 0 Å². The maximum Gasteiger partial charge on any atom is 0.0717 e. The standard InChI is InChI=1S/C68H57N/c1-65(2)56-29-15-12-27-51(56)54-41-46(37-40-57(54)65)69(47-35-38-52-49-25-11-14-28-55(49)66(3,4)63(52)42-47)48-36-39-53-50-26-13-16-30-58(50)68(64(53)43-48)61-33-19-17-31-59(61)67(44-21-7-5-8-22-44,45-23-9-6-10-24-45)60-32-18-20-34-62(60)68/h5-11,13-26,28-35,37-43,48-49,55H,12,27,36H2,1-4H3. The predicted molar refractivity (Wildman–Crippen MR) is 286 cm³/mol. The first-order valence-electron chi connectivity index (χ1n) is 25.4. The van der Waals surface area contributed by atoms with E-state index in [2.05, 4.69) is 251 Å². The van der Waals surface area contributed by atoms with Crippen molar-refractivity contribution < 1.29 is 0 Å². The van der Waals surface area contributed by atoms with Gasteiger partial charge in [0.1, 0.15) is 0 Å². The molecule has 0 bridgehead atoms. The fourth-order valence-corrected chi connectivity index (χ4v) is 15.0. The fraction of sp³-hybridized carbons (Fsp3) is 0.206. The summed E-state index contributed by atoms with van der Waals surface area (Å²) in [5.41, 5.74) is 23.7. The first-order chi connectivity index (χ1) is 33.7. The number of benzene rings is 7. The third-order valence-corrected chi connectivity index (χ3v) is 17.9. The molecule has 3 unspecified atom stereocenters. The van der Waals surface area contributed by atoms with E-state index in [0.29, 0.717) is 11.8 Å². The Morgan fingerprint density at radius 1 is 0.522 bits per heavy atom. The number of anilines is 2. The van der Waals surface area contributed by atoms with Gasteiger partial charge in [0, 0.05) is 22.7 Å². The average molecular weight is 888 g/mol. The minimum atomic E-state index is -0.558. The average Bonchev–Trinajstić information content (AvgIpc) is 3.91. The lowest BCUT2D eigenvalue weighted by Gasteiger charge is -2.50. The number of fused-ring (bicyclic) bond motifs is 14. The zero-order valence-electron chi connectivity index (χ0n) is 40.1. The molecule has 1 heteroatoms. The molecule has 334 valence electrons. The second-order valence-electron chi connectivity index (χ2n) is 21.7. The summed E-state index contributed by atoms with van der Waals surface area (Å²) in [6, 6.07) is 65.9. The Morgan fingerprint density at radius 3 is 1.81 bits per heavy atom. The molecule has 0 heterocycles. The van der Waals surface area contributed by atoms with Gasteiger partial charge < -0.3 is 4.90 Å². The lowest BCUT2D eigenvalue weighted by atomic mass is 9.51. The van der Waals surface area contributed by atoms with Crippen LogP contribution in [0.4, 0.5) is 11.4 Å². The second kappa shape index (κ2) is 14.6. The molecule has 0 aromatic heterocycles. The third kappa shape index (κ3) is 5.31. The predicted octanol–water partition coefficient (Wildman–Crippen LogP) is 16.2. The second-order valence-corrected chi connectivity index (χ2v) is 21.7. The van der Waals surface area contributed by atoms with Crippen molar-refractivity contribution in [2.75, 3.05) is 4.90 Å². The first-order valence-corrected chi connectivity index (χ1v) is 25.4. The zero-order chi connectivity index (χ0) is 46.3. The van der Waals surface area contributed by atoms with Gasteiger partial charge in [0.05, 0.1) is 16.9 Å². The van der Waals surface area contributed by atoms with Crippen LogP contribution in [0.2, 0.25) is 0 Å². The van der Waals surface area contributed by atoms with Gasteiger partial charge in [0.15, 0.2) is 0 Å². The minimum Gasteiger partial charge on any atom is -0.334 e. The van der Waals surface area contributed by atoms with Crippen molar-refractivity contribution >= 4 is 22.5 Å². The van der Waals surface area contributed by atoms with Gasteiger partial charge in [-0.2, -0.15) is 0 Å². The van der Waals surface area contributed by atoms with Gasteiger partial charge in [-0.1, -0.05) is 222 Å². The molecule has 1 nitrogen and oxygen atoms in total. The molecule has 0 radical (unpaired) electrons. The van der Waals surface area contributed by atoms with E-state index in [1.54, 1.807) is 0 Å². The van der Waals surface area contributed by atoms with Gasteiger partial charge in [-0.15, -0.1) is 0 Å². The van der Waals surface area contributed by atoms with Crippen molar-refractivity contribution in [1.82, 2.24) is 0 Å². The summed E-state index contributed by atoms with van der Waals surface area (Å²) in [6.07, 6.45) is 22.6. The highest BCUT2D eigenvalue weighted by atomic mass is 15.2. The molecule has 0 amide bonds. The molecule has 7 aliphatic carbocycles. The van der Waals surface area contributed by atoms with E-state index in [4.69, 9.17) is 0 Å². The molecule has 7 aromatic rings. The van der Waals surface area contributed by atoms with Gasteiger partial charge in [-0.05, 0) is 144 Å². The van der Waals surface area contributed by atoms with Crippen molar-refractivity contribution in [1.29, 1.82) is 0 Å². The van der Waals surface area contributed by atoms with Crippen molar-refractivity contribution in [3.63, 3.8) is 0 Å². The molecule has 3 atom stereocenters. The molecular weight excluding hydrogens is 831 g/mol. The molecule has 0 aliphatic heterocycles. The molecule has 0 saturated heterocycles. The van der Waals surface area contributed by atoms with Crippen LogP contribution in [0.15, 0.2) is 230 Å². The van der Waals surface area contributed by atoms with E-state index < -0.39 is 10.8 Å². The Bertz CT molecular complexity index is 3400. The lowest BCUT2D eigenvalue weighted by molar-refractivity contribution is 0.394. The Balaban J connectivity index is 1.03. The summed E-state index contributed by atoms with van der Waals surface area (Å²) in [5.74, 6) is 0.844.